The number of nitrogens with zero attached hydrogens (tertiary/aromatic N) is 5. The van der Waals surface area contributed by atoms with Crippen molar-refractivity contribution >= 4 is 5.82 Å². The van der Waals surface area contributed by atoms with Crippen molar-refractivity contribution in [2.75, 3.05) is 5.32 Å². The zero-order valence-electron chi connectivity index (χ0n) is 13.2. The maximum absolute atomic E-state index is 9.18. The summed E-state index contributed by atoms with van der Waals surface area (Å²) >= 11 is 0. The Hall–Kier alpha value is -2.02. The molecule has 0 saturated heterocycles. The summed E-state index contributed by atoms with van der Waals surface area (Å²) in [6.07, 6.45) is 4.83. The highest BCUT2D eigenvalue weighted by Gasteiger charge is 2.34. The average molecular weight is 302 g/mol. The molecule has 2 N–H and O–H groups in total. The minimum Gasteiger partial charge on any atom is -0.388 e. The predicted molar refractivity (Wildman–Crippen MR) is 82.5 cm³/mol. The van der Waals surface area contributed by atoms with Gasteiger partial charge in [0.2, 0.25) is 0 Å². The molecule has 22 heavy (non-hydrogen) atoms. The van der Waals surface area contributed by atoms with Crippen molar-refractivity contribution in [2.45, 2.75) is 51.7 Å². The zero-order valence-corrected chi connectivity index (χ0v) is 13.2. The summed E-state index contributed by atoms with van der Waals surface area (Å²) in [5.41, 5.74) is 1.15. The smallest absolute Gasteiger partial charge is 0.158 e. The number of aromatic nitrogens is 5. The molecule has 2 heterocycles. The fourth-order valence-electron chi connectivity index (χ4n) is 2.89. The molecule has 2 aromatic rings. The summed E-state index contributed by atoms with van der Waals surface area (Å²) in [7, 11) is 1.91. The number of hydrogen-bond acceptors (Lipinski definition) is 6. The number of rotatable bonds is 5. The first-order valence-corrected chi connectivity index (χ1v) is 7.70. The minimum atomic E-state index is -0.0715. The second kappa shape index (κ2) is 6.00. The third-order valence-electron chi connectivity index (χ3n) is 4.35. The van der Waals surface area contributed by atoms with E-state index in [2.05, 4.69) is 32.4 Å². The molecule has 3 rings (SSSR count). The molecular formula is C15H22N6O. The number of nitrogens with one attached hydrogen (secondary N) is 1. The van der Waals surface area contributed by atoms with E-state index in [-0.39, 0.29) is 6.61 Å². The molecule has 0 bridgehead atoms. The lowest BCUT2D eigenvalue weighted by atomic mass is 9.79. The van der Waals surface area contributed by atoms with Crippen molar-refractivity contribution in [3.63, 3.8) is 0 Å². The van der Waals surface area contributed by atoms with Gasteiger partial charge in [0.15, 0.2) is 5.82 Å². The van der Waals surface area contributed by atoms with Gasteiger partial charge in [-0.1, -0.05) is 6.92 Å². The summed E-state index contributed by atoms with van der Waals surface area (Å²) in [4.78, 5) is 8.76. The molecule has 0 aliphatic heterocycles. The van der Waals surface area contributed by atoms with Crippen LogP contribution in [0.1, 0.15) is 48.7 Å². The summed E-state index contributed by atoms with van der Waals surface area (Å²) in [6, 6.07) is 0.402. The van der Waals surface area contributed by atoms with Crippen LogP contribution < -0.4 is 5.32 Å². The maximum Gasteiger partial charge on any atom is 0.158 e. The van der Waals surface area contributed by atoms with Crippen LogP contribution in [0.4, 0.5) is 5.82 Å². The van der Waals surface area contributed by atoms with Crippen LogP contribution in [0.25, 0.3) is 0 Å². The number of aliphatic hydroxyl groups excluding tert-OH is 1. The van der Waals surface area contributed by atoms with E-state index < -0.39 is 0 Å². The van der Waals surface area contributed by atoms with Crippen LogP contribution in [0, 0.1) is 6.92 Å². The molecule has 0 radical (unpaired) electrons. The summed E-state index contributed by atoms with van der Waals surface area (Å²) in [5, 5.41) is 20.9. The molecule has 118 valence electrons. The molecule has 0 amide bonds. The van der Waals surface area contributed by atoms with Crippen LogP contribution in [-0.2, 0) is 20.1 Å². The Morgan fingerprint density at radius 1 is 1.36 bits per heavy atom. The number of hydrogen-bond donors (Lipinski definition) is 2. The highest BCUT2D eigenvalue weighted by atomic mass is 16.3. The third-order valence-corrected chi connectivity index (χ3v) is 4.35. The molecule has 1 saturated carbocycles. The quantitative estimate of drug-likeness (QED) is 0.866. The molecule has 1 aliphatic rings. The van der Waals surface area contributed by atoms with Gasteiger partial charge in [-0.05, 0) is 26.2 Å². The molecule has 7 nitrogen and oxygen atoms in total. The van der Waals surface area contributed by atoms with Gasteiger partial charge in [0, 0.05) is 30.8 Å². The first-order chi connectivity index (χ1) is 10.6. The summed E-state index contributed by atoms with van der Waals surface area (Å²) in [6.45, 7) is 3.95. The lowest BCUT2D eigenvalue weighted by molar-refractivity contribution is 0.265. The Balaban J connectivity index is 1.64. The molecule has 0 aromatic carbocycles. The van der Waals surface area contributed by atoms with Gasteiger partial charge < -0.3 is 15.0 Å². The van der Waals surface area contributed by atoms with Gasteiger partial charge in [-0.2, -0.15) is 0 Å². The van der Waals surface area contributed by atoms with Crippen molar-refractivity contribution in [1.29, 1.82) is 0 Å². The van der Waals surface area contributed by atoms with E-state index in [0.29, 0.717) is 17.8 Å². The number of aliphatic hydroxyl groups is 1. The van der Waals surface area contributed by atoms with E-state index in [1.807, 2.05) is 24.7 Å². The van der Waals surface area contributed by atoms with E-state index in [1.165, 1.54) is 0 Å². The van der Waals surface area contributed by atoms with Crippen molar-refractivity contribution in [1.82, 2.24) is 24.7 Å². The first kappa shape index (κ1) is 14.9. The number of anilines is 1. The Bertz CT molecular complexity index is 662. The minimum absolute atomic E-state index is 0.0715. The fraction of sp³-hybridized carbons (Fsp3) is 0.600. The van der Waals surface area contributed by atoms with E-state index >= 15 is 0 Å². The van der Waals surface area contributed by atoms with Crippen LogP contribution in [-0.4, -0.2) is 35.9 Å². The monoisotopic (exact) mass is 302 g/mol. The second-order valence-corrected chi connectivity index (χ2v) is 5.85. The summed E-state index contributed by atoms with van der Waals surface area (Å²) < 4.78 is 1.90. The Morgan fingerprint density at radius 2 is 2.14 bits per heavy atom. The van der Waals surface area contributed by atoms with Gasteiger partial charge in [0.25, 0.3) is 0 Å². The Kier molecular flexibility index (Phi) is 4.06. The Labute approximate surface area is 129 Å². The lowest BCUT2D eigenvalue weighted by Gasteiger charge is -2.35. The topological polar surface area (TPSA) is 88.8 Å². The predicted octanol–water partition coefficient (Wildman–Crippen LogP) is 1.33. The van der Waals surface area contributed by atoms with Crippen LogP contribution in [0.15, 0.2) is 6.20 Å². The van der Waals surface area contributed by atoms with Crippen molar-refractivity contribution in [2.24, 2.45) is 7.05 Å². The molecule has 1 fully saturated rings. The van der Waals surface area contributed by atoms with Crippen LogP contribution in [0.2, 0.25) is 0 Å². The van der Waals surface area contributed by atoms with Crippen LogP contribution in [0.3, 0.4) is 0 Å². The lowest BCUT2D eigenvalue weighted by Crippen LogP contribution is -2.36. The van der Waals surface area contributed by atoms with Crippen molar-refractivity contribution in [3.8, 4) is 0 Å². The van der Waals surface area contributed by atoms with Crippen LogP contribution in [0.5, 0.6) is 0 Å². The fourth-order valence-corrected chi connectivity index (χ4v) is 2.89. The average Bonchev–Trinajstić information content (AvgIpc) is 2.83. The van der Waals surface area contributed by atoms with Crippen molar-refractivity contribution in [3.05, 3.63) is 29.2 Å². The van der Waals surface area contributed by atoms with Gasteiger partial charge in [-0.3, -0.25) is 0 Å². The normalized spacial score (nSPS) is 20.7. The molecule has 0 unspecified atom stereocenters. The van der Waals surface area contributed by atoms with Gasteiger partial charge in [-0.25, -0.2) is 9.97 Å². The van der Waals surface area contributed by atoms with Gasteiger partial charge in [-0.15, -0.1) is 10.2 Å². The largest absolute Gasteiger partial charge is 0.388 e. The molecule has 7 heteroatoms. The third kappa shape index (κ3) is 2.68. The van der Waals surface area contributed by atoms with E-state index in [1.54, 1.807) is 0 Å². The summed E-state index contributed by atoms with van der Waals surface area (Å²) in [5.74, 6) is 3.70. The van der Waals surface area contributed by atoms with Crippen molar-refractivity contribution < 1.29 is 5.11 Å². The van der Waals surface area contributed by atoms with Gasteiger partial charge in [0.1, 0.15) is 24.1 Å². The Morgan fingerprint density at radius 3 is 2.77 bits per heavy atom. The van der Waals surface area contributed by atoms with E-state index in [0.717, 1.165) is 42.3 Å². The maximum atomic E-state index is 9.18. The SMILES string of the molecule is CCc1cnc(C)nc1NC1CC(c2nnc(CO)n2C)C1. The number of aryl methyl sites for hydroxylation is 2. The second-order valence-electron chi connectivity index (χ2n) is 5.85. The zero-order chi connectivity index (χ0) is 15.7. The first-order valence-electron chi connectivity index (χ1n) is 7.70. The highest BCUT2D eigenvalue weighted by Crippen LogP contribution is 2.37. The van der Waals surface area contributed by atoms with Gasteiger partial charge in [0.05, 0.1) is 0 Å². The molecule has 0 spiro atoms. The standard InChI is InChI=1S/C15H22N6O/c1-4-10-7-16-9(2)17-14(10)18-12-5-11(6-12)15-20-19-13(8-22)21(15)3/h7,11-12,22H,4-6,8H2,1-3H3,(H,16,17,18). The van der Waals surface area contributed by atoms with Crippen LogP contribution >= 0.6 is 0 Å². The van der Waals surface area contributed by atoms with E-state index in [4.69, 9.17) is 0 Å². The molecule has 2 aromatic heterocycles. The molecular weight excluding hydrogens is 280 g/mol. The highest BCUT2D eigenvalue weighted by molar-refractivity contribution is 5.44. The van der Waals surface area contributed by atoms with E-state index in [9.17, 15) is 5.11 Å². The molecule has 0 atom stereocenters. The van der Waals surface area contributed by atoms with Gasteiger partial charge >= 0.3 is 0 Å². The molecule has 1 aliphatic carbocycles.